The maximum Gasteiger partial charge on any atom is 0.253 e. The molecular weight excluding hydrogens is 330 g/mol. The lowest BCUT2D eigenvalue weighted by Crippen LogP contribution is -2.53. The Morgan fingerprint density at radius 1 is 1.04 bits per heavy atom. The molecule has 0 aromatic heterocycles. The number of rotatable bonds is 4. The predicted molar refractivity (Wildman–Crippen MR) is 95.5 cm³/mol. The number of ether oxygens (including phenoxy) is 1. The molecule has 2 N–H and O–H groups in total. The second kappa shape index (κ2) is 8.89. The Morgan fingerprint density at radius 2 is 1.54 bits per heavy atom. The number of carbonyl (C=O) groups is 2. The van der Waals surface area contributed by atoms with Gasteiger partial charge >= 0.3 is 0 Å². The molecule has 1 aromatic carbocycles. The summed E-state index contributed by atoms with van der Waals surface area (Å²) < 4.78 is 5.10. The Labute approximate surface area is 149 Å². The third-order valence-electron chi connectivity index (χ3n) is 4.39. The van der Waals surface area contributed by atoms with Crippen LogP contribution in [0.2, 0.25) is 0 Å². The quantitative estimate of drug-likeness (QED) is 0.885. The largest absolute Gasteiger partial charge is 0.497 e. The number of nitrogens with two attached hydrogens (primary N) is 1. The highest BCUT2D eigenvalue weighted by Gasteiger charge is 2.28. The highest BCUT2D eigenvalue weighted by atomic mass is 35.5. The van der Waals surface area contributed by atoms with Crippen LogP contribution in [0.25, 0.3) is 0 Å². The van der Waals surface area contributed by atoms with E-state index >= 15 is 0 Å². The molecule has 1 fully saturated rings. The highest BCUT2D eigenvalue weighted by Crippen LogP contribution is 2.15. The van der Waals surface area contributed by atoms with Gasteiger partial charge in [0.15, 0.2) is 0 Å². The Bertz CT molecular complexity index is 555. The number of benzene rings is 1. The van der Waals surface area contributed by atoms with E-state index in [0.29, 0.717) is 31.7 Å². The summed E-state index contributed by atoms with van der Waals surface area (Å²) in [5, 5.41) is 0. The van der Waals surface area contributed by atoms with Gasteiger partial charge in [0.1, 0.15) is 5.75 Å². The smallest absolute Gasteiger partial charge is 0.253 e. The average Bonchev–Trinajstić information content (AvgIpc) is 2.60. The van der Waals surface area contributed by atoms with Crippen LogP contribution in [0.15, 0.2) is 24.3 Å². The topological polar surface area (TPSA) is 75.9 Å². The van der Waals surface area contributed by atoms with E-state index in [1.165, 1.54) is 0 Å². The summed E-state index contributed by atoms with van der Waals surface area (Å²) in [4.78, 5) is 28.3. The minimum Gasteiger partial charge on any atom is -0.497 e. The number of nitrogens with zero attached hydrogens (tertiary/aromatic N) is 2. The highest BCUT2D eigenvalue weighted by molar-refractivity contribution is 5.94. The number of methoxy groups -OCH3 is 1. The fourth-order valence-electron chi connectivity index (χ4n) is 2.56. The first-order chi connectivity index (χ1) is 10.9. The molecule has 0 bridgehead atoms. The van der Waals surface area contributed by atoms with Crippen molar-refractivity contribution < 1.29 is 14.3 Å². The summed E-state index contributed by atoms with van der Waals surface area (Å²) in [5.74, 6) is 0.581. The van der Waals surface area contributed by atoms with Crippen LogP contribution in [0.4, 0.5) is 0 Å². The Kier molecular flexibility index (Phi) is 7.51. The van der Waals surface area contributed by atoms with E-state index < -0.39 is 0 Å². The molecule has 2 atom stereocenters. The van der Waals surface area contributed by atoms with Gasteiger partial charge in [-0.15, -0.1) is 12.4 Å². The fraction of sp³-hybridized carbons (Fsp3) is 0.529. The van der Waals surface area contributed by atoms with Gasteiger partial charge in [0.2, 0.25) is 5.91 Å². The van der Waals surface area contributed by atoms with Crippen LogP contribution in [0, 0.1) is 5.92 Å². The van der Waals surface area contributed by atoms with Crippen molar-refractivity contribution >= 4 is 24.2 Å². The maximum atomic E-state index is 12.5. The van der Waals surface area contributed by atoms with E-state index in [1.54, 1.807) is 41.2 Å². The van der Waals surface area contributed by atoms with Crippen molar-refractivity contribution in [3.63, 3.8) is 0 Å². The summed E-state index contributed by atoms with van der Waals surface area (Å²) in [6.07, 6.45) is 0. The standard InChI is InChI=1S/C17H25N3O3.ClH/c1-12(13(2)18)16(21)19-8-10-20(11-9-19)17(22)14-4-6-15(23-3)7-5-14;/h4-7,12-13H,8-11,18H2,1-3H3;1H. The summed E-state index contributed by atoms with van der Waals surface area (Å²) in [6.45, 7) is 5.88. The first-order valence-corrected chi connectivity index (χ1v) is 7.91. The van der Waals surface area contributed by atoms with Gasteiger partial charge in [-0.25, -0.2) is 0 Å². The monoisotopic (exact) mass is 355 g/mol. The zero-order valence-corrected chi connectivity index (χ0v) is 15.2. The second-order valence-electron chi connectivity index (χ2n) is 5.99. The van der Waals surface area contributed by atoms with Crippen LogP contribution < -0.4 is 10.5 Å². The molecule has 0 saturated carbocycles. The molecular formula is C17H26ClN3O3. The van der Waals surface area contributed by atoms with Gasteiger partial charge < -0.3 is 20.3 Å². The first kappa shape index (κ1) is 20.3. The van der Waals surface area contributed by atoms with Crippen molar-refractivity contribution in [1.29, 1.82) is 0 Å². The average molecular weight is 356 g/mol. The van der Waals surface area contributed by atoms with E-state index in [-0.39, 0.29) is 36.2 Å². The van der Waals surface area contributed by atoms with Crippen LogP contribution in [0.3, 0.4) is 0 Å². The van der Waals surface area contributed by atoms with Gasteiger partial charge in [0.05, 0.1) is 13.0 Å². The predicted octanol–water partition coefficient (Wildman–Crippen LogP) is 1.38. The van der Waals surface area contributed by atoms with Crippen molar-refractivity contribution in [2.45, 2.75) is 19.9 Å². The van der Waals surface area contributed by atoms with Gasteiger partial charge in [-0.1, -0.05) is 6.92 Å². The van der Waals surface area contributed by atoms with Gasteiger partial charge in [-0.05, 0) is 31.2 Å². The Hall–Kier alpha value is -1.79. The molecule has 0 radical (unpaired) electrons. The molecule has 1 aliphatic rings. The summed E-state index contributed by atoms with van der Waals surface area (Å²) in [6, 6.07) is 6.91. The van der Waals surface area contributed by atoms with Gasteiger partial charge in [-0.2, -0.15) is 0 Å². The minimum atomic E-state index is -0.196. The third kappa shape index (κ3) is 4.61. The number of amides is 2. The van der Waals surface area contributed by atoms with Gasteiger partial charge in [0, 0.05) is 37.8 Å². The van der Waals surface area contributed by atoms with Crippen molar-refractivity contribution in [3.05, 3.63) is 29.8 Å². The molecule has 2 amide bonds. The molecule has 1 saturated heterocycles. The number of carbonyl (C=O) groups excluding carboxylic acids is 2. The molecule has 2 unspecified atom stereocenters. The van der Waals surface area contributed by atoms with Crippen LogP contribution in [0.1, 0.15) is 24.2 Å². The van der Waals surface area contributed by atoms with Crippen LogP contribution in [-0.4, -0.2) is 60.9 Å². The maximum absolute atomic E-state index is 12.5. The second-order valence-corrected chi connectivity index (χ2v) is 5.99. The molecule has 2 rings (SSSR count). The van der Waals surface area contributed by atoms with Crippen molar-refractivity contribution in [2.75, 3.05) is 33.3 Å². The van der Waals surface area contributed by atoms with E-state index in [9.17, 15) is 9.59 Å². The molecule has 24 heavy (non-hydrogen) atoms. The van der Waals surface area contributed by atoms with Crippen LogP contribution in [-0.2, 0) is 4.79 Å². The number of halogens is 1. The lowest BCUT2D eigenvalue weighted by molar-refractivity contribution is -0.137. The Balaban J connectivity index is 0.00000288. The number of piperazine rings is 1. The van der Waals surface area contributed by atoms with E-state index in [4.69, 9.17) is 10.5 Å². The molecule has 1 heterocycles. The zero-order valence-electron chi connectivity index (χ0n) is 14.4. The van der Waals surface area contributed by atoms with Crippen molar-refractivity contribution in [1.82, 2.24) is 9.80 Å². The molecule has 0 aliphatic carbocycles. The summed E-state index contributed by atoms with van der Waals surface area (Å²) >= 11 is 0. The fourth-order valence-corrected chi connectivity index (χ4v) is 2.56. The third-order valence-corrected chi connectivity index (χ3v) is 4.39. The van der Waals surface area contributed by atoms with Gasteiger partial charge in [-0.3, -0.25) is 9.59 Å². The van der Waals surface area contributed by atoms with Crippen molar-refractivity contribution in [3.8, 4) is 5.75 Å². The summed E-state index contributed by atoms with van der Waals surface area (Å²) in [5.41, 5.74) is 6.43. The first-order valence-electron chi connectivity index (χ1n) is 7.91. The molecule has 1 aliphatic heterocycles. The van der Waals surface area contributed by atoms with Crippen LogP contribution >= 0.6 is 12.4 Å². The lowest BCUT2D eigenvalue weighted by atomic mass is 10.0. The van der Waals surface area contributed by atoms with Crippen LogP contribution in [0.5, 0.6) is 5.75 Å². The Morgan fingerprint density at radius 3 is 2.00 bits per heavy atom. The minimum absolute atomic E-state index is 0. The molecule has 1 aromatic rings. The molecule has 0 spiro atoms. The van der Waals surface area contributed by atoms with Crippen molar-refractivity contribution in [2.24, 2.45) is 11.7 Å². The van der Waals surface area contributed by atoms with E-state index in [0.717, 1.165) is 5.75 Å². The zero-order chi connectivity index (χ0) is 17.0. The molecule has 134 valence electrons. The SMILES string of the molecule is COc1ccc(C(=O)N2CCN(C(=O)C(C)C(C)N)CC2)cc1.Cl. The number of hydrogen-bond acceptors (Lipinski definition) is 4. The van der Waals surface area contributed by atoms with Gasteiger partial charge in [0.25, 0.3) is 5.91 Å². The summed E-state index contributed by atoms with van der Waals surface area (Å²) in [7, 11) is 1.59. The normalized spacial score (nSPS) is 16.8. The number of hydrogen-bond donors (Lipinski definition) is 1. The molecule has 6 nitrogen and oxygen atoms in total. The lowest BCUT2D eigenvalue weighted by Gasteiger charge is -2.36. The van der Waals surface area contributed by atoms with E-state index in [2.05, 4.69) is 0 Å². The van der Waals surface area contributed by atoms with E-state index in [1.807, 2.05) is 13.8 Å². The molecule has 7 heteroatoms.